The van der Waals surface area contributed by atoms with Gasteiger partial charge in [-0.3, -0.25) is 0 Å². The first-order valence-corrected chi connectivity index (χ1v) is 9.69. The minimum Gasteiger partial charge on any atom is -0.467 e. The van der Waals surface area contributed by atoms with Crippen molar-refractivity contribution in [3.63, 3.8) is 0 Å². The van der Waals surface area contributed by atoms with Crippen molar-refractivity contribution in [3.05, 3.63) is 65.7 Å². The van der Waals surface area contributed by atoms with Crippen LogP contribution in [0.2, 0.25) is 0 Å². The number of anilines is 1. The molecule has 0 saturated carbocycles. The van der Waals surface area contributed by atoms with Gasteiger partial charge in [0.2, 0.25) is 0 Å². The number of likely N-dealkylation sites (N-methyl/N-ethyl adjacent to an activating group) is 1. The Morgan fingerprint density at radius 2 is 1.38 bits per heavy atom. The Kier molecular flexibility index (Phi) is 7.18. The van der Waals surface area contributed by atoms with Crippen LogP contribution in [0.1, 0.15) is 31.4 Å². The second-order valence-corrected chi connectivity index (χ2v) is 7.07. The SMILES string of the molecule is CCN(c1ccc(C(O)(C(F)(F)F)C(F)(F)F)cc1)C(CC)(C(=O)OC)c1ccccc1. The number of rotatable bonds is 7. The minimum absolute atomic E-state index is 0.180. The van der Waals surface area contributed by atoms with Crippen molar-refractivity contribution in [3.8, 4) is 0 Å². The number of nitrogens with zero attached hydrogens (tertiary/aromatic N) is 1. The summed E-state index contributed by atoms with van der Waals surface area (Å²) in [4.78, 5) is 14.5. The molecule has 2 aromatic rings. The Balaban J connectivity index is 2.66. The molecule has 0 heterocycles. The highest BCUT2D eigenvalue weighted by molar-refractivity contribution is 5.87. The molecule has 0 aromatic heterocycles. The summed E-state index contributed by atoms with van der Waals surface area (Å²) in [6, 6.07) is 11.6. The molecule has 32 heavy (non-hydrogen) atoms. The number of aliphatic hydroxyl groups is 1. The predicted octanol–water partition coefficient (Wildman–Crippen LogP) is 5.30. The zero-order valence-electron chi connectivity index (χ0n) is 17.6. The van der Waals surface area contributed by atoms with Crippen LogP contribution < -0.4 is 4.90 Å². The number of halogens is 6. The van der Waals surface area contributed by atoms with Gasteiger partial charge >= 0.3 is 18.3 Å². The van der Waals surface area contributed by atoms with Gasteiger partial charge in [0, 0.05) is 17.8 Å². The van der Waals surface area contributed by atoms with Gasteiger partial charge in [-0.15, -0.1) is 0 Å². The van der Waals surface area contributed by atoms with Crippen LogP contribution in [0.5, 0.6) is 0 Å². The maximum Gasteiger partial charge on any atom is 0.430 e. The van der Waals surface area contributed by atoms with E-state index >= 15 is 0 Å². The molecular weight excluding hydrogens is 440 g/mol. The number of ether oxygens (including phenoxy) is 1. The minimum atomic E-state index is -5.99. The Morgan fingerprint density at radius 3 is 1.75 bits per heavy atom. The van der Waals surface area contributed by atoms with E-state index in [4.69, 9.17) is 4.74 Å². The van der Waals surface area contributed by atoms with Crippen molar-refractivity contribution in [2.24, 2.45) is 0 Å². The number of hydrogen-bond acceptors (Lipinski definition) is 4. The van der Waals surface area contributed by atoms with Gasteiger partial charge < -0.3 is 14.7 Å². The number of alkyl halides is 6. The molecule has 0 saturated heterocycles. The van der Waals surface area contributed by atoms with Gasteiger partial charge in [0.25, 0.3) is 5.60 Å². The van der Waals surface area contributed by atoms with Crippen molar-refractivity contribution in [1.29, 1.82) is 0 Å². The van der Waals surface area contributed by atoms with E-state index in [1.807, 2.05) is 0 Å². The lowest BCUT2D eigenvalue weighted by molar-refractivity contribution is -0.376. The second-order valence-electron chi connectivity index (χ2n) is 7.07. The Hall–Kier alpha value is -2.75. The fraction of sp³-hybridized carbons (Fsp3) is 0.409. The van der Waals surface area contributed by atoms with Gasteiger partial charge in [-0.05, 0) is 31.0 Å². The van der Waals surface area contributed by atoms with E-state index in [1.54, 1.807) is 44.2 Å². The van der Waals surface area contributed by atoms with E-state index in [2.05, 4.69) is 0 Å². The molecule has 0 aliphatic rings. The van der Waals surface area contributed by atoms with Crippen molar-refractivity contribution in [1.82, 2.24) is 0 Å². The number of carbonyl (C=O) groups excluding carboxylic acids is 1. The molecule has 0 aliphatic heterocycles. The van der Waals surface area contributed by atoms with E-state index in [0.717, 1.165) is 12.1 Å². The van der Waals surface area contributed by atoms with Gasteiger partial charge in [0.1, 0.15) is 0 Å². The number of methoxy groups -OCH3 is 1. The van der Waals surface area contributed by atoms with Crippen LogP contribution in [-0.2, 0) is 20.7 Å². The third-order valence-electron chi connectivity index (χ3n) is 5.48. The number of esters is 1. The predicted molar refractivity (Wildman–Crippen MR) is 106 cm³/mol. The lowest BCUT2D eigenvalue weighted by Gasteiger charge is -2.43. The van der Waals surface area contributed by atoms with E-state index in [-0.39, 0.29) is 18.7 Å². The molecule has 10 heteroatoms. The van der Waals surface area contributed by atoms with Crippen molar-refractivity contribution in [2.75, 3.05) is 18.6 Å². The quantitative estimate of drug-likeness (QED) is 0.447. The summed E-state index contributed by atoms with van der Waals surface area (Å²) in [5.74, 6) is -0.640. The smallest absolute Gasteiger partial charge is 0.430 e. The molecule has 0 amide bonds. The first-order valence-electron chi connectivity index (χ1n) is 9.69. The highest BCUT2D eigenvalue weighted by atomic mass is 19.4. The number of hydrogen-bond donors (Lipinski definition) is 1. The number of benzene rings is 2. The summed E-state index contributed by atoms with van der Waals surface area (Å²) in [5.41, 5.74) is -7.06. The lowest BCUT2D eigenvalue weighted by atomic mass is 9.84. The summed E-state index contributed by atoms with van der Waals surface area (Å²) in [6.07, 6.45) is -11.8. The van der Waals surface area contributed by atoms with Gasteiger partial charge in [0.05, 0.1) is 7.11 Å². The first kappa shape index (κ1) is 25.5. The maximum atomic E-state index is 13.2. The van der Waals surface area contributed by atoms with Gasteiger partial charge in [-0.2, -0.15) is 26.3 Å². The van der Waals surface area contributed by atoms with Crippen molar-refractivity contribution < 1.29 is 41.0 Å². The van der Waals surface area contributed by atoms with Gasteiger partial charge in [0.15, 0.2) is 5.54 Å². The fourth-order valence-corrected chi connectivity index (χ4v) is 3.85. The summed E-state index contributed by atoms with van der Waals surface area (Å²) in [7, 11) is 1.19. The highest BCUT2D eigenvalue weighted by Gasteiger charge is 2.71. The van der Waals surface area contributed by atoms with Gasteiger partial charge in [-0.1, -0.05) is 49.4 Å². The lowest BCUT2D eigenvalue weighted by Crippen LogP contribution is -2.54. The normalized spacial score (nSPS) is 14.6. The van der Waals surface area contributed by atoms with Crippen molar-refractivity contribution >= 4 is 11.7 Å². The summed E-state index contributed by atoms with van der Waals surface area (Å²) in [5, 5.41) is 9.61. The van der Waals surface area contributed by atoms with Crippen LogP contribution in [0.3, 0.4) is 0 Å². The Morgan fingerprint density at radius 1 is 0.875 bits per heavy atom. The van der Waals surface area contributed by atoms with Crippen LogP contribution >= 0.6 is 0 Å². The van der Waals surface area contributed by atoms with Crippen LogP contribution in [0, 0.1) is 0 Å². The molecule has 1 N–H and O–H groups in total. The molecular formula is C22H23F6NO3. The topological polar surface area (TPSA) is 49.8 Å². The van der Waals surface area contributed by atoms with Crippen LogP contribution in [-0.4, -0.2) is 37.1 Å². The molecule has 2 aromatic carbocycles. The fourth-order valence-electron chi connectivity index (χ4n) is 3.85. The average molecular weight is 463 g/mol. The molecule has 2 rings (SSSR count). The monoisotopic (exact) mass is 463 g/mol. The van der Waals surface area contributed by atoms with E-state index in [0.29, 0.717) is 17.7 Å². The molecule has 0 radical (unpaired) electrons. The molecule has 0 fully saturated rings. The highest BCUT2D eigenvalue weighted by Crippen LogP contribution is 2.50. The molecule has 176 valence electrons. The largest absolute Gasteiger partial charge is 0.467 e. The third-order valence-corrected chi connectivity index (χ3v) is 5.48. The third kappa shape index (κ3) is 4.03. The summed E-state index contributed by atoms with van der Waals surface area (Å²) >= 11 is 0. The van der Waals surface area contributed by atoms with E-state index < -0.39 is 35.0 Å². The summed E-state index contributed by atoms with van der Waals surface area (Å²) in [6.45, 7) is 3.58. The molecule has 1 unspecified atom stereocenters. The van der Waals surface area contributed by atoms with Crippen LogP contribution in [0.4, 0.5) is 32.0 Å². The maximum absolute atomic E-state index is 13.2. The zero-order chi connectivity index (χ0) is 24.4. The van der Waals surface area contributed by atoms with E-state index in [1.165, 1.54) is 12.0 Å². The summed E-state index contributed by atoms with van der Waals surface area (Å²) < 4.78 is 84.1. The standard InChI is InChI=1S/C22H23F6NO3/c1-4-19(18(30)32-3,15-9-7-6-8-10-15)29(5-2)17-13-11-16(12-14-17)20(31,21(23,24)25)22(26,27)28/h6-14,31H,4-5H2,1-3H3. The molecule has 0 aliphatic carbocycles. The van der Waals surface area contributed by atoms with E-state index in [9.17, 15) is 36.2 Å². The van der Waals surface area contributed by atoms with Crippen molar-refractivity contribution in [2.45, 2.75) is 43.8 Å². The molecule has 0 spiro atoms. The Bertz CT molecular complexity index is 898. The van der Waals surface area contributed by atoms with Crippen LogP contribution in [0.15, 0.2) is 54.6 Å². The number of carbonyl (C=O) groups is 1. The van der Waals surface area contributed by atoms with Gasteiger partial charge in [-0.25, -0.2) is 4.79 Å². The molecule has 4 nitrogen and oxygen atoms in total. The average Bonchev–Trinajstić information content (AvgIpc) is 2.75. The zero-order valence-corrected chi connectivity index (χ0v) is 17.6. The molecule has 1 atom stereocenters. The first-order chi connectivity index (χ1) is 14.8. The Labute approximate surface area is 181 Å². The molecule has 0 bridgehead atoms. The van der Waals surface area contributed by atoms with Crippen LogP contribution in [0.25, 0.3) is 0 Å². The second kappa shape index (κ2) is 9.01.